The number of ether oxygens (including phenoxy) is 2. The number of urea groups is 1. The summed E-state index contributed by atoms with van der Waals surface area (Å²) in [5.74, 6) is -2.63. The Morgan fingerprint density at radius 3 is 2.42 bits per heavy atom. The fourth-order valence-electron chi connectivity index (χ4n) is 3.73. The number of imide groups is 2. The number of halogens is 3. The highest BCUT2D eigenvalue weighted by Crippen LogP contribution is 2.37. The van der Waals surface area contributed by atoms with E-state index in [9.17, 15) is 23.6 Å². The molecule has 1 heterocycles. The van der Waals surface area contributed by atoms with Gasteiger partial charge in [-0.15, -0.1) is 0 Å². The van der Waals surface area contributed by atoms with E-state index in [4.69, 9.17) is 32.7 Å². The van der Waals surface area contributed by atoms with Crippen molar-refractivity contribution >= 4 is 64.4 Å². The summed E-state index contributed by atoms with van der Waals surface area (Å²) in [7, 11) is 0. The number of amides is 5. The summed E-state index contributed by atoms with van der Waals surface area (Å²) < 4.78 is 24.6. The van der Waals surface area contributed by atoms with Crippen molar-refractivity contribution in [1.29, 1.82) is 0 Å². The van der Waals surface area contributed by atoms with Gasteiger partial charge in [0, 0.05) is 10.7 Å². The number of nitrogens with one attached hydrogen (secondary N) is 2. The molecule has 0 radical (unpaired) electrons. The summed E-state index contributed by atoms with van der Waals surface area (Å²) in [6.45, 7) is 3.38. The Balaban J connectivity index is 1.57. The fourth-order valence-corrected chi connectivity index (χ4v) is 4.18. The van der Waals surface area contributed by atoms with E-state index in [1.807, 2.05) is 6.92 Å². The van der Waals surface area contributed by atoms with Crippen molar-refractivity contribution in [3.8, 4) is 11.5 Å². The quantitative estimate of drug-likeness (QED) is 0.265. The van der Waals surface area contributed by atoms with Crippen LogP contribution in [-0.2, 0) is 14.4 Å². The van der Waals surface area contributed by atoms with Crippen LogP contribution >= 0.6 is 23.2 Å². The van der Waals surface area contributed by atoms with Crippen LogP contribution in [0.2, 0.25) is 10.0 Å². The minimum absolute atomic E-state index is 0.0408. The van der Waals surface area contributed by atoms with Gasteiger partial charge in [-0.1, -0.05) is 29.3 Å². The Hall–Kier alpha value is -4.41. The Morgan fingerprint density at radius 1 is 1.02 bits per heavy atom. The normalized spacial score (nSPS) is 14.3. The summed E-state index contributed by atoms with van der Waals surface area (Å²) >= 11 is 12.5. The summed E-state index contributed by atoms with van der Waals surface area (Å²) in [6.07, 6.45) is 1.23. The molecule has 1 saturated heterocycles. The number of nitrogens with zero attached hydrogens (tertiary/aromatic N) is 1. The van der Waals surface area contributed by atoms with Gasteiger partial charge in [0.2, 0.25) is 0 Å². The molecule has 3 aromatic rings. The number of carbonyl (C=O) groups excluding carboxylic acids is 4. The first-order valence-corrected chi connectivity index (χ1v) is 12.6. The largest absolute Gasteiger partial charge is 0.490 e. The molecule has 0 atom stereocenters. The molecule has 40 heavy (non-hydrogen) atoms. The standard InChI is InChI=1S/C28H22Cl2FN3O6/c1-3-39-23-12-16(10-20-26(36)33-28(38)34(27(20)37)19-8-5-17(31)6-9-19)11-22(30)25(23)40-14-24(35)32-18-7-4-15(2)21(29)13-18/h4-13H,3,14H2,1-2H3,(H,32,35)(H,33,36,38)/b20-10+. The van der Waals surface area contributed by atoms with Gasteiger partial charge in [0.25, 0.3) is 17.7 Å². The van der Waals surface area contributed by atoms with E-state index in [0.717, 1.165) is 22.6 Å². The summed E-state index contributed by atoms with van der Waals surface area (Å²) in [5.41, 5.74) is 1.34. The summed E-state index contributed by atoms with van der Waals surface area (Å²) in [4.78, 5) is 51.2. The topological polar surface area (TPSA) is 114 Å². The average molecular weight is 586 g/mol. The molecule has 0 saturated carbocycles. The van der Waals surface area contributed by atoms with Gasteiger partial charge in [-0.2, -0.15) is 0 Å². The van der Waals surface area contributed by atoms with Crippen molar-refractivity contribution in [2.45, 2.75) is 13.8 Å². The SMILES string of the molecule is CCOc1cc(/C=C2\C(=O)NC(=O)N(c3ccc(F)cc3)C2=O)cc(Cl)c1OCC(=O)Nc1ccc(C)c(Cl)c1. The maximum absolute atomic E-state index is 13.3. The van der Waals surface area contributed by atoms with Gasteiger partial charge in [0.05, 0.1) is 17.3 Å². The summed E-state index contributed by atoms with van der Waals surface area (Å²) in [5, 5.41) is 5.31. The number of hydrogen-bond acceptors (Lipinski definition) is 6. The van der Waals surface area contributed by atoms with Crippen LogP contribution in [0.3, 0.4) is 0 Å². The van der Waals surface area contributed by atoms with Gasteiger partial charge >= 0.3 is 6.03 Å². The molecule has 2 N–H and O–H groups in total. The third-order valence-electron chi connectivity index (χ3n) is 5.63. The highest BCUT2D eigenvalue weighted by Gasteiger charge is 2.37. The van der Waals surface area contributed by atoms with Crippen LogP contribution in [0.5, 0.6) is 11.5 Å². The average Bonchev–Trinajstić information content (AvgIpc) is 2.89. The van der Waals surface area contributed by atoms with Crippen LogP contribution in [0.25, 0.3) is 6.08 Å². The van der Waals surface area contributed by atoms with Gasteiger partial charge in [0.15, 0.2) is 18.1 Å². The Labute approximate surface area is 238 Å². The maximum Gasteiger partial charge on any atom is 0.335 e. The van der Waals surface area contributed by atoms with Crippen LogP contribution in [-0.4, -0.2) is 37.0 Å². The smallest absolute Gasteiger partial charge is 0.335 e. The molecule has 0 spiro atoms. The number of carbonyl (C=O) groups is 4. The number of barbiturate groups is 1. The minimum Gasteiger partial charge on any atom is -0.490 e. The van der Waals surface area contributed by atoms with Gasteiger partial charge in [0.1, 0.15) is 11.4 Å². The lowest BCUT2D eigenvalue weighted by Crippen LogP contribution is -2.54. The van der Waals surface area contributed by atoms with Gasteiger partial charge < -0.3 is 14.8 Å². The van der Waals surface area contributed by atoms with Gasteiger partial charge in [-0.3, -0.25) is 19.7 Å². The first-order valence-electron chi connectivity index (χ1n) is 11.9. The Kier molecular flexibility index (Phi) is 8.71. The molecule has 1 aliphatic heterocycles. The zero-order valence-electron chi connectivity index (χ0n) is 21.2. The molecular formula is C28H22Cl2FN3O6. The molecule has 4 rings (SSSR count). The van der Waals surface area contributed by atoms with Crippen LogP contribution < -0.4 is 25.0 Å². The van der Waals surface area contributed by atoms with E-state index in [1.165, 1.54) is 30.3 Å². The van der Waals surface area contributed by atoms with Crippen molar-refractivity contribution in [3.05, 3.63) is 87.2 Å². The second-order valence-electron chi connectivity index (χ2n) is 8.50. The highest BCUT2D eigenvalue weighted by molar-refractivity contribution is 6.39. The van der Waals surface area contributed by atoms with Crippen molar-refractivity contribution in [2.24, 2.45) is 0 Å². The molecule has 3 aromatic carbocycles. The molecule has 0 unspecified atom stereocenters. The van der Waals surface area contributed by atoms with Crippen LogP contribution in [0.1, 0.15) is 18.1 Å². The fraction of sp³-hybridized carbons (Fsp3) is 0.143. The number of aryl methyl sites for hydroxylation is 1. The molecule has 0 aromatic heterocycles. The minimum atomic E-state index is -0.971. The molecule has 0 bridgehead atoms. The highest BCUT2D eigenvalue weighted by atomic mass is 35.5. The van der Waals surface area contributed by atoms with Crippen molar-refractivity contribution in [1.82, 2.24) is 5.32 Å². The lowest BCUT2D eigenvalue weighted by atomic mass is 10.1. The first-order chi connectivity index (χ1) is 19.1. The van der Waals surface area contributed by atoms with E-state index in [1.54, 1.807) is 25.1 Å². The maximum atomic E-state index is 13.3. The lowest BCUT2D eigenvalue weighted by molar-refractivity contribution is -0.122. The molecule has 12 heteroatoms. The lowest BCUT2D eigenvalue weighted by Gasteiger charge is -2.26. The van der Waals surface area contributed by atoms with E-state index in [0.29, 0.717) is 10.7 Å². The first kappa shape index (κ1) is 28.6. The molecule has 9 nitrogen and oxygen atoms in total. The van der Waals surface area contributed by atoms with Gasteiger partial charge in [-0.25, -0.2) is 14.1 Å². The van der Waals surface area contributed by atoms with Crippen molar-refractivity contribution < 1.29 is 33.0 Å². The molecule has 1 aliphatic rings. The molecule has 0 aliphatic carbocycles. The van der Waals surface area contributed by atoms with Crippen molar-refractivity contribution in [3.63, 3.8) is 0 Å². The van der Waals surface area contributed by atoms with Crippen LogP contribution in [0.4, 0.5) is 20.6 Å². The van der Waals surface area contributed by atoms with E-state index >= 15 is 0 Å². The molecule has 206 valence electrons. The third kappa shape index (κ3) is 6.41. The molecular weight excluding hydrogens is 564 g/mol. The molecule has 1 fully saturated rings. The Morgan fingerprint density at radius 2 is 1.75 bits per heavy atom. The second-order valence-corrected chi connectivity index (χ2v) is 9.31. The monoisotopic (exact) mass is 585 g/mol. The van der Waals surface area contributed by atoms with Crippen LogP contribution in [0, 0.1) is 12.7 Å². The van der Waals surface area contributed by atoms with Gasteiger partial charge in [-0.05, 0) is 79.6 Å². The molecule has 5 amide bonds. The third-order valence-corrected chi connectivity index (χ3v) is 6.32. The predicted octanol–water partition coefficient (Wildman–Crippen LogP) is 5.52. The predicted molar refractivity (Wildman–Crippen MR) is 148 cm³/mol. The number of benzene rings is 3. The van der Waals surface area contributed by atoms with E-state index in [2.05, 4.69) is 10.6 Å². The zero-order chi connectivity index (χ0) is 29.0. The van der Waals surface area contributed by atoms with E-state index < -0.39 is 36.2 Å². The van der Waals surface area contributed by atoms with E-state index in [-0.39, 0.29) is 40.0 Å². The number of rotatable bonds is 8. The zero-order valence-corrected chi connectivity index (χ0v) is 22.7. The van der Waals surface area contributed by atoms with Crippen LogP contribution in [0.15, 0.2) is 60.2 Å². The second kappa shape index (κ2) is 12.2. The van der Waals surface area contributed by atoms with Crippen molar-refractivity contribution in [2.75, 3.05) is 23.4 Å². The number of anilines is 2. The number of hydrogen-bond donors (Lipinski definition) is 2. The summed E-state index contributed by atoms with van der Waals surface area (Å²) in [6, 6.07) is 11.6. The Bertz CT molecular complexity index is 1540.